The Hall–Kier alpha value is -5.72. The van der Waals surface area contributed by atoms with Crippen molar-refractivity contribution in [2.45, 2.75) is 6.42 Å². The van der Waals surface area contributed by atoms with E-state index in [4.69, 9.17) is 11.1 Å². The maximum atomic E-state index is 13.2. The molecule has 0 bridgehead atoms. The summed E-state index contributed by atoms with van der Waals surface area (Å²) >= 11 is 4.21. The van der Waals surface area contributed by atoms with Gasteiger partial charge in [0.1, 0.15) is 17.1 Å². The van der Waals surface area contributed by atoms with Crippen molar-refractivity contribution in [3.8, 4) is 0 Å². The molecule has 0 saturated carbocycles. The highest BCUT2D eigenvalue weighted by molar-refractivity contribution is 9.12. The fourth-order valence-electron chi connectivity index (χ4n) is 4.85. The number of hydrogen-bond acceptors (Lipinski definition) is 8. The van der Waals surface area contributed by atoms with Crippen LogP contribution in [0.4, 0.5) is 22.7 Å². The number of nitrogens with two attached hydrogens (primary N) is 1. The highest BCUT2D eigenvalue weighted by Crippen LogP contribution is 2.27. The monoisotopic (exact) mass is 797 g/mol. The fraction of sp³-hybridized carbons (Fsp3) is 0.156. The summed E-state index contributed by atoms with van der Waals surface area (Å²) in [5.41, 5.74) is 8.27. The maximum Gasteiger partial charge on any atom is 0.284 e. The molecule has 0 aliphatic rings. The molecule has 0 aliphatic carbocycles. The number of nitrogens with zero attached hydrogens (tertiary/aromatic N) is 4. The van der Waals surface area contributed by atoms with E-state index in [9.17, 15) is 24.0 Å². The molecular weight excluding hydrogens is 766 g/mol. The number of carbonyl (C=O) groups is 5. The number of nitrogens with one attached hydrogen (secondary N) is 6. The Bertz CT molecular complexity index is 2220. The molecule has 0 atom stereocenters. The molecule has 0 radical (unpaired) electrons. The standard InChI is InChI=1S/C32H32BrN11O5S.ClH/c1-16(33)27(45)37-17-5-6-25-21(9-17)41-32(50-25)31(49)40-20-12-24(44(4)15-20)30(48)39-19-11-23(43(3)14-19)29(47)38-18-10-22(42(2)13-18)28(46)36-8-7-26(34)35;/h5-6,9-15H,1,7-8H2,2-4H3,(H3,34,35)(H,36,46)(H,37,45)(H,38,47)(H,39,48)(H,40,49);1H. The van der Waals surface area contributed by atoms with Gasteiger partial charge in [-0.25, -0.2) is 4.98 Å². The van der Waals surface area contributed by atoms with Gasteiger partial charge in [-0.1, -0.05) is 6.58 Å². The van der Waals surface area contributed by atoms with Crippen LogP contribution in [-0.2, 0) is 25.9 Å². The van der Waals surface area contributed by atoms with Crippen molar-refractivity contribution in [2.24, 2.45) is 26.9 Å². The van der Waals surface area contributed by atoms with Gasteiger partial charge in [0.2, 0.25) is 0 Å². The number of hydrogen-bond donors (Lipinski definition) is 7. The number of anilines is 4. The zero-order chi connectivity index (χ0) is 36.3. The summed E-state index contributed by atoms with van der Waals surface area (Å²) in [5.74, 6) is -2.23. The van der Waals surface area contributed by atoms with E-state index >= 15 is 0 Å². The van der Waals surface area contributed by atoms with Crippen molar-refractivity contribution in [2.75, 3.05) is 27.8 Å². The molecule has 0 unspecified atom stereocenters. The third kappa shape index (κ3) is 9.10. The molecule has 0 aliphatic heterocycles. The number of amides is 5. The lowest BCUT2D eigenvalue weighted by atomic mass is 10.3. The molecule has 0 saturated heterocycles. The van der Waals surface area contributed by atoms with E-state index < -0.39 is 23.6 Å². The number of amidine groups is 1. The van der Waals surface area contributed by atoms with Crippen molar-refractivity contribution in [3.63, 3.8) is 0 Å². The molecule has 4 heterocycles. The zero-order valence-electron chi connectivity index (χ0n) is 27.4. The molecule has 0 spiro atoms. The van der Waals surface area contributed by atoms with Crippen LogP contribution in [0.2, 0.25) is 0 Å². The predicted molar refractivity (Wildman–Crippen MR) is 203 cm³/mol. The van der Waals surface area contributed by atoms with Gasteiger partial charge in [0.05, 0.1) is 37.6 Å². The Morgan fingerprint density at radius 2 is 1.27 bits per heavy atom. The van der Waals surface area contributed by atoms with E-state index in [2.05, 4.69) is 54.1 Å². The third-order valence-corrected chi connectivity index (χ3v) is 8.65. The minimum Gasteiger partial charge on any atom is -0.388 e. The van der Waals surface area contributed by atoms with Crippen LogP contribution in [0.25, 0.3) is 10.2 Å². The lowest BCUT2D eigenvalue weighted by Crippen LogP contribution is -2.28. The van der Waals surface area contributed by atoms with Crippen LogP contribution in [-0.4, -0.2) is 60.6 Å². The molecule has 1 aromatic carbocycles. The number of aromatic nitrogens is 4. The van der Waals surface area contributed by atoms with Crippen LogP contribution in [0, 0.1) is 5.41 Å². The van der Waals surface area contributed by atoms with Gasteiger partial charge in [0, 0.05) is 58.4 Å². The molecule has 5 amide bonds. The van der Waals surface area contributed by atoms with Gasteiger partial charge in [-0.05, 0) is 52.3 Å². The second-order valence-corrected chi connectivity index (χ2v) is 13.1. The van der Waals surface area contributed by atoms with E-state index in [1.54, 1.807) is 71.6 Å². The molecule has 5 rings (SSSR count). The molecule has 8 N–H and O–H groups in total. The Balaban J connectivity index is 0.00000583. The Labute approximate surface area is 309 Å². The van der Waals surface area contributed by atoms with Crippen molar-refractivity contribution in [3.05, 3.63) is 88.1 Å². The topological polar surface area (TPSA) is 223 Å². The van der Waals surface area contributed by atoms with Crippen LogP contribution in [0.15, 0.2) is 66.1 Å². The lowest BCUT2D eigenvalue weighted by Gasteiger charge is -2.04. The summed E-state index contributed by atoms with van der Waals surface area (Å²) in [5, 5.41) is 21.1. The summed E-state index contributed by atoms with van der Waals surface area (Å²) in [4.78, 5) is 68.1. The second kappa shape index (κ2) is 15.9. The molecule has 51 heavy (non-hydrogen) atoms. The number of aryl methyl sites for hydroxylation is 3. The fourth-order valence-corrected chi connectivity index (χ4v) is 5.79. The van der Waals surface area contributed by atoms with E-state index in [1.165, 1.54) is 29.5 Å². The van der Waals surface area contributed by atoms with Gasteiger partial charge in [-0.3, -0.25) is 29.4 Å². The van der Waals surface area contributed by atoms with E-state index in [0.29, 0.717) is 34.0 Å². The summed E-state index contributed by atoms with van der Waals surface area (Å²) in [6.07, 6.45) is 4.98. The van der Waals surface area contributed by atoms with Crippen LogP contribution in [0.3, 0.4) is 0 Å². The number of thiazole rings is 1. The first-order valence-corrected chi connectivity index (χ1v) is 16.4. The lowest BCUT2D eigenvalue weighted by molar-refractivity contribution is -0.112. The summed E-state index contributed by atoms with van der Waals surface area (Å²) in [7, 11) is 4.97. The average Bonchev–Trinajstić information content (AvgIpc) is 3.81. The van der Waals surface area contributed by atoms with Crippen molar-refractivity contribution in [1.82, 2.24) is 24.0 Å². The maximum absolute atomic E-state index is 13.2. The minimum atomic E-state index is -0.477. The molecular formula is C32H33BrClN11O5S. The Morgan fingerprint density at radius 3 is 1.76 bits per heavy atom. The molecule has 0 fully saturated rings. The van der Waals surface area contributed by atoms with Crippen LogP contribution >= 0.6 is 39.7 Å². The van der Waals surface area contributed by atoms with Crippen molar-refractivity contribution < 1.29 is 24.0 Å². The molecule has 5 aromatic rings. The Kier molecular flexibility index (Phi) is 11.9. The smallest absolute Gasteiger partial charge is 0.284 e. The normalized spacial score (nSPS) is 10.6. The quantitative estimate of drug-likeness (QED) is 0.0547. The number of fused-ring (bicyclic) bond motifs is 1. The summed E-state index contributed by atoms with van der Waals surface area (Å²) in [6.45, 7) is 3.75. The largest absolute Gasteiger partial charge is 0.388 e. The molecule has 19 heteroatoms. The first-order valence-electron chi connectivity index (χ1n) is 14.8. The van der Waals surface area contributed by atoms with E-state index in [1.807, 2.05) is 0 Å². The van der Waals surface area contributed by atoms with E-state index in [-0.39, 0.29) is 58.0 Å². The molecule has 4 aromatic heterocycles. The van der Waals surface area contributed by atoms with Gasteiger partial charge < -0.3 is 46.0 Å². The molecule has 266 valence electrons. The predicted octanol–water partition coefficient (Wildman–Crippen LogP) is 4.39. The van der Waals surface area contributed by atoms with Crippen LogP contribution < -0.4 is 32.3 Å². The SMILES string of the molecule is C=C(Br)C(=O)Nc1ccc2sc(C(=O)Nc3cc(C(=O)Nc4cc(C(=O)Nc5cc(C(=O)NCCC(=N)N)n(C)c5)n(C)c4)n(C)c3)nc2c1.Cl. The third-order valence-electron chi connectivity index (χ3n) is 7.25. The highest BCUT2D eigenvalue weighted by atomic mass is 79.9. The van der Waals surface area contributed by atoms with Gasteiger partial charge in [0.15, 0.2) is 5.01 Å². The van der Waals surface area contributed by atoms with Crippen molar-refractivity contribution in [1.29, 1.82) is 5.41 Å². The second-order valence-electron chi connectivity index (χ2n) is 11.1. The number of benzene rings is 1. The summed E-state index contributed by atoms with van der Waals surface area (Å²) in [6, 6.07) is 9.65. The van der Waals surface area contributed by atoms with Gasteiger partial charge in [-0.2, -0.15) is 0 Å². The molecule has 16 nitrogen and oxygen atoms in total. The highest BCUT2D eigenvalue weighted by Gasteiger charge is 2.20. The number of rotatable bonds is 12. The first kappa shape index (κ1) is 38.1. The number of halogens is 2. The van der Waals surface area contributed by atoms with Crippen LogP contribution in [0.1, 0.15) is 47.7 Å². The zero-order valence-corrected chi connectivity index (χ0v) is 30.6. The van der Waals surface area contributed by atoms with E-state index in [0.717, 1.165) is 4.70 Å². The van der Waals surface area contributed by atoms with Gasteiger partial charge in [0.25, 0.3) is 29.5 Å². The minimum absolute atomic E-state index is 0. The van der Waals surface area contributed by atoms with Gasteiger partial charge in [-0.15, -0.1) is 23.7 Å². The Morgan fingerprint density at radius 1 is 0.784 bits per heavy atom. The van der Waals surface area contributed by atoms with Gasteiger partial charge >= 0.3 is 0 Å². The average molecular weight is 799 g/mol. The first-order chi connectivity index (χ1) is 23.7. The number of carbonyl (C=O) groups excluding carboxylic acids is 5. The summed E-state index contributed by atoms with van der Waals surface area (Å²) < 4.78 is 5.58. The van der Waals surface area contributed by atoms with Crippen LogP contribution in [0.5, 0.6) is 0 Å². The van der Waals surface area contributed by atoms with Crippen molar-refractivity contribution >= 4 is 108 Å².